The Balaban J connectivity index is 1.01. The molecular formula is C51H31N3O. The van der Waals surface area contributed by atoms with Crippen LogP contribution in [0.4, 0.5) is 0 Å². The Hall–Kier alpha value is -7.43. The van der Waals surface area contributed by atoms with Gasteiger partial charge < -0.3 is 4.42 Å². The molecule has 0 amide bonds. The van der Waals surface area contributed by atoms with Gasteiger partial charge in [0.15, 0.2) is 11.4 Å². The zero-order chi connectivity index (χ0) is 36.3. The van der Waals surface area contributed by atoms with Gasteiger partial charge in [-0.1, -0.05) is 164 Å². The zero-order valence-corrected chi connectivity index (χ0v) is 29.6. The summed E-state index contributed by atoms with van der Waals surface area (Å²) >= 11 is 0. The first kappa shape index (κ1) is 31.1. The molecule has 0 saturated carbocycles. The van der Waals surface area contributed by atoms with Gasteiger partial charge in [0.1, 0.15) is 11.1 Å². The molecule has 0 fully saturated rings. The summed E-state index contributed by atoms with van der Waals surface area (Å²) in [5.74, 6) is 0.668. The molecule has 3 heterocycles. The lowest BCUT2D eigenvalue weighted by Gasteiger charge is -2.13. The van der Waals surface area contributed by atoms with Gasteiger partial charge in [-0.25, -0.2) is 15.0 Å². The van der Waals surface area contributed by atoms with E-state index in [9.17, 15) is 0 Å². The Morgan fingerprint density at radius 2 is 0.891 bits per heavy atom. The highest BCUT2D eigenvalue weighted by Crippen LogP contribution is 2.39. The normalized spacial score (nSPS) is 11.6. The summed E-state index contributed by atoms with van der Waals surface area (Å²) in [5, 5.41) is 8.12. The third kappa shape index (κ3) is 5.26. The van der Waals surface area contributed by atoms with Crippen LogP contribution in [0.3, 0.4) is 0 Å². The molecule has 55 heavy (non-hydrogen) atoms. The van der Waals surface area contributed by atoms with Crippen LogP contribution in [0.15, 0.2) is 192 Å². The zero-order valence-electron chi connectivity index (χ0n) is 29.6. The lowest BCUT2D eigenvalue weighted by molar-refractivity contribution is 0.672. The van der Waals surface area contributed by atoms with Crippen LogP contribution in [0.25, 0.3) is 111 Å². The number of benzene rings is 8. The number of hydrogen-bond acceptors (Lipinski definition) is 4. The van der Waals surface area contributed by atoms with Crippen molar-refractivity contribution in [1.82, 2.24) is 15.0 Å². The van der Waals surface area contributed by atoms with E-state index in [0.717, 1.165) is 72.2 Å². The van der Waals surface area contributed by atoms with Gasteiger partial charge in [0.2, 0.25) is 0 Å². The molecular weight excluding hydrogens is 671 g/mol. The van der Waals surface area contributed by atoms with Gasteiger partial charge >= 0.3 is 0 Å². The fraction of sp³-hybridized carbons (Fsp3) is 0. The van der Waals surface area contributed by atoms with Gasteiger partial charge in [0, 0.05) is 38.4 Å². The fourth-order valence-corrected chi connectivity index (χ4v) is 7.98. The van der Waals surface area contributed by atoms with E-state index in [4.69, 9.17) is 19.4 Å². The SMILES string of the molecule is c1ccc(-c2cc(-c3ccc(-c4cc5ccccc5c5ccccc45)cc3)nc(-c3ccc(-c4nc5c6ccccc6oc5c5ccccc45)cc3)n2)cc1. The smallest absolute Gasteiger partial charge is 0.161 e. The predicted octanol–water partition coefficient (Wildman–Crippen LogP) is 13.6. The molecule has 0 spiro atoms. The molecule has 4 nitrogen and oxygen atoms in total. The summed E-state index contributed by atoms with van der Waals surface area (Å²) in [6, 6.07) is 65.7. The van der Waals surface area contributed by atoms with Crippen molar-refractivity contribution in [3.8, 4) is 56.3 Å². The number of aromatic nitrogens is 3. The third-order valence-corrected chi connectivity index (χ3v) is 10.7. The lowest BCUT2D eigenvalue weighted by atomic mass is 9.93. The maximum atomic E-state index is 6.31. The summed E-state index contributed by atoms with van der Waals surface area (Å²) in [4.78, 5) is 15.5. The summed E-state index contributed by atoms with van der Waals surface area (Å²) < 4.78 is 6.31. The lowest BCUT2D eigenvalue weighted by Crippen LogP contribution is -1.96. The van der Waals surface area contributed by atoms with Crippen LogP contribution >= 0.6 is 0 Å². The van der Waals surface area contributed by atoms with E-state index < -0.39 is 0 Å². The number of hydrogen-bond donors (Lipinski definition) is 0. The quantitative estimate of drug-likeness (QED) is 0.168. The van der Waals surface area contributed by atoms with Gasteiger partial charge in [-0.3, -0.25) is 0 Å². The number of para-hydroxylation sites is 1. The molecule has 0 bridgehead atoms. The van der Waals surface area contributed by atoms with Crippen LogP contribution in [0.2, 0.25) is 0 Å². The molecule has 11 aromatic rings. The minimum Gasteiger partial charge on any atom is -0.454 e. The van der Waals surface area contributed by atoms with Crippen molar-refractivity contribution in [3.05, 3.63) is 188 Å². The Morgan fingerprint density at radius 3 is 1.65 bits per heavy atom. The highest BCUT2D eigenvalue weighted by molar-refractivity contribution is 6.16. The fourth-order valence-electron chi connectivity index (χ4n) is 7.98. The van der Waals surface area contributed by atoms with Gasteiger partial charge in [0.05, 0.1) is 17.1 Å². The second-order valence-corrected chi connectivity index (χ2v) is 14.0. The molecule has 0 N–H and O–H groups in total. The van der Waals surface area contributed by atoms with E-state index in [2.05, 4.69) is 152 Å². The Kier molecular flexibility index (Phi) is 7.14. The molecule has 0 aliphatic carbocycles. The number of nitrogens with zero attached hydrogens (tertiary/aromatic N) is 3. The van der Waals surface area contributed by atoms with E-state index in [0.29, 0.717) is 5.82 Å². The van der Waals surface area contributed by atoms with Crippen molar-refractivity contribution in [2.75, 3.05) is 0 Å². The number of furan rings is 1. The van der Waals surface area contributed by atoms with Crippen LogP contribution in [0.5, 0.6) is 0 Å². The van der Waals surface area contributed by atoms with Gasteiger partial charge in [0.25, 0.3) is 0 Å². The second kappa shape index (κ2) is 12.6. The molecule has 0 atom stereocenters. The van der Waals surface area contributed by atoms with Crippen LogP contribution in [-0.4, -0.2) is 15.0 Å². The first-order chi connectivity index (χ1) is 27.2. The maximum Gasteiger partial charge on any atom is 0.161 e. The molecule has 0 aliphatic heterocycles. The Morgan fingerprint density at radius 1 is 0.345 bits per heavy atom. The minimum absolute atomic E-state index is 0.668. The van der Waals surface area contributed by atoms with Crippen molar-refractivity contribution in [3.63, 3.8) is 0 Å². The Labute approximate surface area is 317 Å². The molecule has 0 saturated heterocycles. The van der Waals surface area contributed by atoms with Crippen LogP contribution in [0, 0.1) is 0 Å². The Bertz CT molecular complexity index is 3240. The van der Waals surface area contributed by atoms with E-state index in [1.807, 2.05) is 36.4 Å². The monoisotopic (exact) mass is 701 g/mol. The van der Waals surface area contributed by atoms with Gasteiger partial charge in [-0.15, -0.1) is 0 Å². The van der Waals surface area contributed by atoms with Crippen LogP contribution in [-0.2, 0) is 0 Å². The minimum atomic E-state index is 0.668. The van der Waals surface area contributed by atoms with E-state index in [1.54, 1.807) is 0 Å². The standard InChI is InChI=1S/C51H31N3O/c1-2-12-33(13-3-1)45-31-46(34-24-22-32(23-25-34)44-30-37-14-4-5-15-38(37)39-16-6-7-17-40(39)44)53-51(52-45)36-28-26-35(27-29-36)48-41-18-8-9-19-42(41)50-49(54-48)43-20-10-11-21-47(43)55-50/h1-31H. The van der Waals surface area contributed by atoms with Crippen LogP contribution < -0.4 is 0 Å². The van der Waals surface area contributed by atoms with Gasteiger partial charge in [-0.2, -0.15) is 0 Å². The average Bonchev–Trinajstić information content (AvgIpc) is 3.65. The summed E-state index contributed by atoms with van der Waals surface area (Å²) in [6.07, 6.45) is 0. The molecule has 3 aromatic heterocycles. The summed E-state index contributed by atoms with van der Waals surface area (Å²) in [5.41, 5.74) is 11.6. The number of pyridine rings is 1. The van der Waals surface area contributed by atoms with Crippen molar-refractivity contribution >= 4 is 54.4 Å². The first-order valence-corrected chi connectivity index (χ1v) is 18.5. The van der Waals surface area contributed by atoms with E-state index in [-0.39, 0.29) is 0 Å². The van der Waals surface area contributed by atoms with Gasteiger partial charge in [-0.05, 0) is 56.9 Å². The highest BCUT2D eigenvalue weighted by Gasteiger charge is 2.17. The number of rotatable bonds is 5. The molecule has 0 aliphatic rings. The first-order valence-electron chi connectivity index (χ1n) is 18.5. The van der Waals surface area contributed by atoms with E-state index in [1.165, 1.54) is 32.7 Å². The molecule has 4 heteroatoms. The average molecular weight is 702 g/mol. The maximum absolute atomic E-state index is 6.31. The van der Waals surface area contributed by atoms with Crippen LogP contribution in [0.1, 0.15) is 0 Å². The van der Waals surface area contributed by atoms with E-state index >= 15 is 0 Å². The molecule has 0 radical (unpaired) electrons. The summed E-state index contributed by atoms with van der Waals surface area (Å²) in [6.45, 7) is 0. The third-order valence-electron chi connectivity index (χ3n) is 10.7. The topological polar surface area (TPSA) is 51.8 Å². The second-order valence-electron chi connectivity index (χ2n) is 14.0. The molecule has 256 valence electrons. The molecule has 0 unspecified atom stereocenters. The summed E-state index contributed by atoms with van der Waals surface area (Å²) in [7, 11) is 0. The molecule has 8 aromatic carbocycles. The highest BCUT2D eigenvalue weighted by atomic mass is 16.3. The largest absolute Gasteiger partial charge is 0.454 e. The predicted molar refractivity (Wildman–Crippen MR) is 227 cm³/mol. The van der Waals surface area contributed by atoms with Crippen molar-refractivity contribution < 1.29 is 4.42 Å². The number of fused-ring (bicyclic) bond motifs is 8. The van der Waals surface area contributed by atoms with Crippen molar-refractivity contribution in [1.29, 1.82) is 0 Å². The molecule has 11 rings (SSSR count). The van der Waals surface area contributed by atoms with Crippen molar-refractivity contribution in [2.24, 2.45) is 0 Å². The van der Waals surface area contributed by atoms with Crippen molar-refractivity contribution in [2.45, 2.75) is 0 Å².